The molecule has 3 heterocycles. The normalized spacial score (nSPS) is 10.9. The summed E-state index contributed by atoms with van der Waals surface area (Å²) in [6.45, 7) is 5.02. The predicted octanol–water partition coefficient (Wildman–Crippen LogP) is 3.88. The van der Waals surface area contributed by atoms with Gasteiger partial charge in [-0.05, 0) is 36.9 Å². The van der Waals surface area contributed by atoms with Crippen molar-refractivity contribution >= 4 is 27.4 Å². The van der Waals surface area contributed by atoms with Crippen molar-refractivity contribution in [3.05, 3.63) is 35.3 Å². The molecule has 0 bridgehead atoms. The quantitative estimate of drug-likeness (QED) is 0.790. The Labute approximate surface area is 121 Å². The van der Waals surface area contributed by atoms with E-state index < -0.39 is 0 Å². The van der Waals surface area contributed by atoms with Gasteiger partial charge in [0, 0.05) is 12.2 Å². The maximum absolute atomic E-state index is 4.64. The van der Waals surface area contributed by atoms with Crippen LogP contribution in [0, 0.1) is 6.92 Å². The Kier molecular flexibility index (Phi) is 3.60. The van der Waals surface area contributed by atoms with Crippen LogP contribution in [0.25, 0.3) is 21.7 Å². The van der Waals surface area contributed by atoms with Crippen LogP contribution in [0.2, 0.25) is 0 Å². The summed E-state index contributed by atoms with van der Waals surface area (Å²) in [6, 6.07) is 7.97. The van der Waals surface area contributed by atoms with Crippen LogP contribution in [0.1, 0.15) is 19.0 Å². The van der Waals surface area contributed by atoms with Crippen LogP contribution >= 0.6 is 11.3 Å². The van der Waals surface area contributed by atoms with Crippen molar-refractivity contribution in [2.75, 3.05) is 11.9 Å². The molecule has 3 aromatic heterocycles. The number of nitrogens with one attached hydrogen (secondary N) is 1. The number of hydrogen-bond donors (Lipinski definition) is 1. The lowest BCUT2D eigenvalue weighted by Crippen LogP contribution is -2.04. The highest BCUT2D eigenvalue weighted by molar-refractivity contribution is 7.16. The van der Waals surface area contributed by atoms with Gasteiger partial charge in [-0.1, -0.05) is 13.0 Å². The molecule has 4 nitrogen and oxygen atoms in total. The average molecular weight is 284 g/mol. The molecule has 0 radical (unpaired) electrons. The molecule has 20 heavy (non-hydrogen) atoms. The fourth-order valence-electron chi connectivity index (χ4n) is 2.02. The smallest absolute Gasteiger partial charge is 0.181 e. The summed E-state index contributed by atoms with van der Waals surface area (Å²) < 4.78 is 0. The molecule has 0 amide bonds. The van der Waals surface area contributed by atoms with Crippen molar-refractivity contribution in [2.24, 2.45) is 0 Å². The van der Waals surface area contributed by atoms with Gasteiger partial charge in [-0.15, -0.1) is 11.3 Å². The predicted molar refractivity (Wildman–Crippen MR) is 84.2 cm³/mol. The van der Waals surface area contributed by atoms with E-state index in [-0.39, 0.29) is 0 Å². The van der Waals surface area contributed by atoms with Crippen molar-refractivity contribution in [2.45, 2.75) is 20.3 Å². The summed E-state index contributed by atoms with van der Waals surface area (Å²) in [6.07, 6.45) is 1.06. The fourth-order valence-corrected chi connectivity index (χ4v) is 2.78. The first-order valence-electron chi connectivity index (χ1n) is 6.71. The van der Waals surface area contributed by atoms with E-state index in [1.807, 2.05) is 30.5 Å². The Bertz CT molecular complexity index is 736. The first-order chi connectivity index (χ1) is 9.78. The lowest BCUT2D eigenvalue weighted by Gasteiger charge is -2.08. The van der Waals surface area contributed by atoms with E-state index in [1.54, 1.807) is 11.3 Å². The number of nitrogens with zero attached hydrogens (tertiary/aromatic N) is 3. The summed E-state index contributed by atoms with van der Waals surface area (Å²) in [4.78, 5) is 14.8. The van der Waals surface area contributed by atoms with Gasteiger partial charge in [0.2, 0.25) is 0 Å². The Balaban J connectivity index is 2.11. The average Bonchev–Trinajstić information content (AvgIpc) is 2.93. The fraction of sp³-hybridized carbons (Fsp3) is 0.267. The van der Waals surface area contributed by atoms with Crippen LogP contribution in [0.15, 0.2) is 29.6 Å². The van der Waals surface area contributed by atoms with Gasteiger partial charge in [0.1, 0.15) is 16.3 Å². The third kappa shape index (κ3) is 2.49. The highest BCUT2D eigenvalue weighted by Crippen LogP contribution is 2.27. The van der Waals surface area contributed by atoms with Crippen LogP contribution in [0.4, 0.5) is 5.82 Å². The van der Waals surface area contributed by atoms with Crippen LogP contribution in [-0.2, 0) is 0 Å². The molecule has 0 aliphatic rings. The van der Waals surface area contributed by atoms with Gasteiger partial charge in [0.15, 0.2) is 5.82 Å². The Morgan fingerprint density at radius 3 is 2.85 bits per heavy atom. The molecule has 0 saturated carbocycles. The minimum atomic E-state index is 0.683. The zero-order valence-corrected chi connectivity index (χ0v) is 12.4. The minimum Gasteiger partial charge on any atom is -0.369 e. The van der Waals surface area contributed by atoms with E-state index >= 15 is 0 Å². The third-order valence-corrected chi connectivity index (χ3v) is 3.79. The summed E-state index contributed by atoms with van der Waals surface area (Å²) in [5.74, 6) is 1.58. The summed E-state index contributed by atoms with van der Waals surface area (Å²) >= 11 is 1.63. The highest BCUT2D eigenvalue weighted by atomic mass is 32.1. The van der Waals surface area contributed by atoms with E-state index in [0.717, 1.165) is 40.4 Å². The van der Waals surface area contributed by atoms with Crippen LogP contribution in [0.5, 0.6) is 0 Å². The Morgan fingerprint density at radius 1 is 1.15 bits per heavy atom. The van der Waals surface area contributed by atoms with Gasteiger partial charge in [-0.2, -0.15) is 0 Å². The lowest BCUT2D eigenvalue weighted by atomic mass is 10.3. The molecule has 0 spiro atoms. The van der Waals surface area contributed by atoms with Crippen molar-refractivity contribution in [3.8, 4) is 11.5 Å². The van der Waals surface area contributed by atoms with Gasteiger partial charge in [-0.3, -0.25) is 0 Å². The molecule has 0 aromatic carbocycles. The molecule has 0 atom stereocenters. The standard InChI is InChI=1S/C15H16N4S/c1-3-8-16-13-11-7-9-20-15(11)19-14(18-13)12-6-4-5-10(2)17-12/h4-7,9H,3,8H2,1-2H3,(H,16,18,19). The van der Waals surface area contributed by atoms with E-state index in [2.05, 4.69) is 33.3 Å². The Hall–Kier alpha value is -2.01. The second kappa shape index (κ2) is 5.54. The molecule has 3 rings (SSSR count). The van der Waals surface area contributed by atoms with E-state index in [0.29, 0.717) is 5.82 Å². The van der Waals surface area contributed by atoms with E-state index in [1.165, 1.54) is 0 Å². The molecule has 0 fully saturated rings. The molecule has 1 N–H and O–H groups in total. The number of fused-ring (bicyclic) bond motifs is 1. The molecule has 3 aromatic rings. The molecule has 0 saturated heterocycles. The van der Waals surface area contributed by atoms with Gasteiger partial charge in [0.05, 0.1) is 5.39 Å². The summed E-state index contributed by atoms with van der Waals surface area (Å²) in [5, 5.41) is 6.50. The van der Waals surface area contributed by atoms with Crippen LogP contribution in [0.3, 0.4) is 0 Å². The van der Waals surface area contributed by atoms with Crippen molar-refractivity contribution in [1.82, 2.24) is 15.0 Å². The highest BCUT2D eigenvalue weighted by Gasteiger charge is 2.11. The van der Waals surface area contributed by atoms with E-state index in [9.17, 15) is 0 Å². The maximum atomic E-state index is 4.64. The topological polar surface area (TPSA) is 50.7 Å². The SMILES string of the molecule is CCCNc1nc(-c2cccc(C)n2)nc2sccc12. The van der Waals surface area contributed by atoms with Gasteiger partial charge < -0.3 is 5.32 Å². The zero-order valence-electron chi connectivity index (χ0n) is 11.6. The number of pyridine rings is 1. The van der Waals surface area contributed by atoms with Crippen LogP contribution in [-0.4, -0.2) is 21.5 Å². The van der Waals surface area contributed by atoms with Crippen molar-refractivity contribution < 1.29 is 0 Å². The van der Waals surface area contributed by atoms with Gasteiger partial charge in [0.25, 0.3) is 0 Å². The van der Waals surface area contributed by atoms with Crippen molar-refractivity contribution in [3.63, 3.8) is 0 Å². The van der Waals surface area contributed by atoms with Crippen molar-refractivity contribution in [1.29, 1.82) is 0 Å². The zero-order chi connectivity index (χ0) is 13.9. The molecule has 0 aliphatic carbocycles. The number of aryl methyl sites for hydroxylation is 1. The third-order valence-electron chi connectivity index (χ3n) is 2.98. The van der Waals surface area contributed by atoms with Gasteiger partial charge >= 0.3 is 0 Å². The first kappa shape index (κ1) is 13.0. The largest absolute Gasteiger partial charge is 0.369 e. The molecule has 5 heteroatoms. The van der Waals surface area contributed by atoms with Crippen LogP contribution < -0.4 is 5.32 Å². The minimum absolute atomic E-state index is 0.683. The van der Waals surface area contributed by atoms with Gasteiger partial charge in [-0.25, -0.2) is 15.0 Å². The summed E-state index contributed by atoms with van der Waals surface area (Å²) in [7, 11) is 0. The molecular formula is C15H16N4S. The maximum Gasteiger partial charge on any atom is 0.181 e. The monoisotopic (exact) mass is 284 g/mol. The lowest BCUT2D eigenvalue weighted by molar-refractivity contribution is 0.970. The number of anilines is 1. The molecular weight excluding hydrogens is 268 g/mol. The number of rotatable bonds is 4. The number of aromatic nitrogens is 3. The molecule has 0 aliphatic heterocycles. The number of hydrogen-bond acceptors (Lipinski definition) is 5. The second-order valence-electron chi connectivity index (χ2n) is 4.63. The molecule has 102 valence electrons. The first-order valence-corrected chi connectivity index (χ1v) is 7.59. The Morgan fingerprint density at radius 2 is 2.05 bits per heavy atom. The van der Waals surface area contributed by atoms with E-state index in [4.69, 9.17) is 0 Å². The molecule has 0 unspecified atom stereocenters. The number of thiophene rings is 1. The summed E-state index contributed by atoms with van der Waals surface area (Å²) in [5.41, 5.74) is 1.79. The second-order valence-corrected chi connectivity index (χ2v) is 5.52.